The second kappa shape index (κ2) is 4.59. The van der Waals surface area contributed by atoms with Crippen molar-refractivity contribution in [2.45, 2.75) is 29.1 Å². The second-order valence-corrected chi connectivity index (χ2v) is 5.93. The van der Waals surface area contributed by atoms with E-state index in [9.17, 15) is 4.79 Å². The predicted molar refractivity (Wildman–Crippen MR) is 79.2 cm³/mol. The van der Waals surface area contributed by atoms with Gasteiger partial charge >= 0.3 is 5.69 Å². The lowest BCUT2D eigenvalue weighted by Crippen LogP contribution is -2.16. The summed E-state index contributed by atoms with van der Waals surface area (Å²) in [4.78, 5) is 20.3. The zero-order valence-electron chi connectivity index (χ0n) is 11.0. The Bertz CT molecular complexity index is 882. The first-order valence-electron chi connectivity index (χ1n) is 6.57. The highest BCUT2D eigenvalue weighted by Crippen LogP contribution is 2.38. The van der Waals surface area contributed by atoms with Crippen molar-refractivity contribution in [2.24, 2.45) is 0 Å². The first-order valence-corrected chi connectivity index (χ1v) is 7.39. The molecule has 1 saturated carbocycles. The molecule has 3 N–H and O–H groups in total. The highest BCUT2D eigenvalue weighted by atomic mass is 32.2. The summed E-state index contributed by atoms with van der Waals surface area (Å²) in [5.41, 5.74) is 7.14. The van der Waals surface area contributed by atoms with Gasteiger partial charge in [-0.05, 0) is 42.8 Å². The molecule has 1 aromatic carbocycles. The van der Waals surface area contributed by atoms with Gasteiger partial charge in [0.05, 0.1) is 5.52 Å². The van der Waals surface area contributed by atoms with Crippen molar-refractivity contribution in [1.82, 2.24) is 24.7 Å². The Hall–Kier alpha value is -2.35. The molecule has 0 amide bonds. The first kappa shape index (κ1) is 12.4. The van der Waals surface area contributed by atoms with Crippen LogP contribution >= 0.6 is 11.8 Å². The van der Waals surface area contributed by atoms with Crippen LogP contribution in [-0.2, 0) is 0 Å². The molecule has 2 aromatic heterocycles. The third kappa shape index (κ3) is 2.17. The second-order valence-electron chi connectivity index (χ2n) is 4.97. The van der Waals surface area contributed by atoms with Crippen molar-refractivity contribution in [3.8, 4) is 0 Å². The largest absolute Gasteiger partial charge is 0.399 e. The molecule has 0 aliphatic heterocycles. The van der Waals surface area contributed by atoms with Crippen molar-refractivity contribution in [3.63, 3.8) is 0 Å². The van der Waals surface area contributed by atoms with E-state index in [1.807, 2.05) is 12.1 Å². The van der Waals surface area contributed by atoms with Crippen molar-refractivity contribution < 1.29 is 0 Å². The molecule has 0 atom stereocenters. The SMILES string of the molecule is Nc1ccc2ncnc(Sc3n[nH]c(=O)n3C3CC3)c2c1. The lowest BCUT2D eigenvalue weighted by Gasteiger charge is -2.06. The third-order valence-electron chi connectivity index (χ3n) is 3.39. The molecule has 0 unspecified atom stereocenters. The van der Waals surface area contributed by atoms with E-state index in [1.165, 1.54) is 18.1 Å². The van der Waals surface area contributed by atoms with Crippen LogP contribution in [0.5, 0.6) is 0 Å². The fraction of sp³-hybridized carbons (Fsp3) is 0.231. The van der Waals surface area contributed by atoms with E-state index in [2.05, 4.69) is 20.2 Å². The number of nitrogen functional groups attached to an aromatic ring is 1. The molecule has 106 valence electrons. The topological polar surface area (TPSA) is 102 Å². The number of H-pyrrole nitrogens is 1. The van der Waals surface area contributed by atoms with Gasteiger partial charge in [0, 0.05) is 17.1 Å². The predicted octanol–water partition coefficient (Wildman–Crippen LogP) is 1.58. The van der Waals surface area contributed by atoms with Crippen molar-refractivity contribution in [2.75, 3.05) is 5.73 Å². The summed E-state index contributed by atoms with van der Waals surface area (Å²) in [6.45, 7) is 0. The fourth-order valence-electron chi connectivity index (χ4n) is 2.24. The van der Waals surface area contributed by atoms with Crippen LogP contribution in [0.3, 0.4) is 0 Å². The number of nitrogens with one attached hydrogen (secondary N) is 1. The molecule has 7 nitrogen and oxygen atoms in total. The van der Waals surface area contributed by atoms with Gasteiger partial charge in [0.25, 0.3) is 0 Å². The molecule has 2 heterocycles. The third-order valence-corrected chi connectivity index (χ3v) is 4.38. The minimum Gasteiger partial charge on any atom is -0.399 e. The van der Waals surface area contributed by atoms with Crippen LogP contribution in [0.4, 0.5) is 5.69 Å². The van der Waals surface area contributed by atoms with Gasteiger partial charge < -0.3 is 5.73 Å². The quantitative estimate of drug-likeness (QED) is 0.562. The number of hydrogen-bond acceptors (Lipinski definition) is 6. The van der Waals surface area contributed by atoms with Crippen LogP contribution in [0, 0.1) is 0 Å². The lowest BCUT2D eigenvalue weighted by atomic mass is 10.2. The maximum Gasteiger partial charge on any atom is 0.344 e. The summed E-state index contributed by atoms with van der Waals surface area (Å²) in [6.07, 6.45) is 3.54. The van der Waals surface area contributed by atoms with Gasteiger partial charge in [-0.3, -0.25) is 4.57 Å². The van der Waals surface area contributed by atoms with E-state index in [0.29, 0.717) is 10.8 Å². The Labute approximate surface area is 123 Å². The summed E-state index contributed by atoms with van der Waals surface area (Å²) in [7, 11) is 0. The van der Waals surface area contributed by atoms with E-state index in [-0.39, 0.29) is 11.7 Å². The number of nitrogens with two attached hydrogens (primary N) is 1. The summed E-state index contributed by atoms with van der Waals surface area (Å²) in [6, 6.07) is 5.76. The molecule has 0 spiro atoms. The molecule has 3 aromatic rings. The van der Waals surface area contributed by atoms with Crippen molar-refractivity contribution >= 4 is 28.4 Å². The molecule has 8 heteroatoms. The first-order chi connectivity index (χ1) is 10.2. The van der Waals surface area contributed by atoms with Gasteiger partial charge in [-0.15, -0.1) is 5.10 Å². The number of rotatable bonds is 3. The number of aromatic nitrogens is 5. The number of nitrogens with zero attached hydrogens (tertiary/aromatic N) is 4. The number of anilines is 1. The van der Waals surface area contributed by atoms with Gasteiger partial charge in [0.1, 0.15) is 11.4 Å². The Balaban J connectivity index is 1.81. The van der Waals surface area contributed by atoms with E-state index in [1.54, 1.807) is 10.6 Å². The van der Waals surface area contributed by atoms with Crippen LogP contribution in [0.25, 0.3) is 10.9 Å². The van der Waals surface area contributed by atoms with Gasteiger partial charge in [-0.1, -0.05) is 0 Å². The van der Waals surface area contributed by atoms with Crippen LogP contribution < -0.4 is 11.4 Å². The summed E-state index contributed by atoms with van der Waals surface area (Å²) >= 11 is 1.36. The number of benzene rings is 1. The van der Waals surface area contributed by atoms with Crippen molar-refractivity contribution in [1.29, 1.82) is 0 Å². The minimum absolute atomic E-state index is 0.169. The molecule has 0 saturated heterocycles. The summed E-state index contributed by atoms with van der Waals surface area (Å²) < 4.78 is 1.70. The minimum atomic E-state index is -0.169. The molecule has 21 heavy (non-hydrogen) atoms. The zero-order valence-corrected chi connectivity index (χ0v) is 11.8. The average molecular weight is 300 g/mol. The molecule has 1 aliphatic carbocycles. The molecule has 1 fully saturated rings. The Morgan fingerprint density at radius 3 is 3.00 bits per heavy atom. The number of fused-ring (bicyclic) bond motifs is 1. The van der Waals surface area contributed by atoms with Crippen LogP contribution in [0.2, 0.25) is 0 Å². The zero-order chi connectivity index (χ0) is 14.4. The highest BCUT2D eigenvalue weighted by molar-refractivity contribution is 7.99. The van der Waals surface area contributed by atoms with Gasteiger partial charge in [-0.25, -0.2) is 19.9 Å². The fourth-order valence-corrected chi connectivity index (χ4v) is 3.20. The smallest absolute Gasteiger partial charge is 0.344 e. The Kier molecular flexibility index (Phi) is 2.71. The normalized spacial score (nSPS) is 14.7. The molecule has 0 bridgehead atoms. The lowest BCUT2D eigenvalue weighted by molar-refractivity contribution is 0.642. The van der Waals surface area contributed by atoms with Gasteiger partial charge in [0.2, 0.25) is 0 Å². The van der Waals surface area contributed by atoms with Crippen molar-refractivity contribution in [3.05, 3.63) is 35.0 Å². The molecule has 1 aliphatic rings. The van der Waals surface area contributed by atoms with E-state index in [0.717, 1.165) is 28.8 Å². The maximum atomic E-state index is 11.8. The molecule has 4 rings (SSSR count). The Morgan fingerprint density at radius 1 is 1.33 bits per heavy atom. The van der Waals surface area contributed by atoms with Gasteiger partial charge in [0.15, 0.2) is 5.16 Å². The standard InChI is InChI=1S/C13H12N6OS/c14-7-1-4-10-9(5-7)11(16-6-15-10)21-13-18-17-12(20)19(13)8-2-3-8/h1,4-6,8H,2-3,14H2,(H,17,20). The molecular weight excluding hydrogens is 288 g/mol. The molecular formula is C13H12N6OS. The molecule has 0 radical (unpaired) electrons. The number of hydrogen-bond donors (Lipinski definition) is 2. The van der Waals surface area contributed by atoms with Crippen LogP contribution in [-0.4, -0.2) is 24.7 Å². The van der Waals surface area contributed by atoms with Gasteiger partial charge in [-0.2, -0.15) is 0 Å². The highest BCUT2D eigenvalue weighted by Gasteiger charge is 2.29. The Morgan fingerprint density at radius 2 is 2.19 bits per heavy atom. The van der Waals surface area contributed by atoms with E-state index < -0.39 is 0 Å². The monoisotopic (exact) mass is 300 g/mol. The van der Waals surface area contributed by atoms with E-state index >= 15 is 0 Å². The van der Waals surface area contributed by atoms with Crippen LogP contribution in [0.1, 0.15) is 18.9 Å². The maximum absolute atomic E-state index is 11.8. The summed E-state index contributed by atoms with van der Waals surface area (Å²) in [5, 5.41) is 8.84. The van der Waals surface area contributed by atoms with Crippen LogP contribution in [0.15, 0.2) is 39.5 Å². The van der Waals surface area contributed by atoms with E-state index in [4.69, 9.17) is 5.73 Å². The summed E-state index contributed by atoms with van der Waals surface area (Å²) in [5.74, 6) is 0. The number of aromatic amines is 1. The average Bonchev–Trinajstić information content (AvgIpc) is 3.24.